The first kappa shape index (κ1) is 17.5. The number of fused-ring (bicyclic) bond motifs is 3. The molecule has 0 unspecified atom stereocenters. The van der Waals surface area contributed by atoms with Crippen LogP contribution in [0.1, 0.15) is 78.6 Å². The zero-order valence-corrected chi connectivity index (χ0v) is 16.2. The fourth-order valence-corrected chi connectivity index (χ4v) is 8.23. The maximum absolute atomic E-state index is 11.6. The third-order valence-electron chi connectivity index (χ3n) is 9.09. The van der Waals surface area contributed by atoms with Gasteiger partial charge in [0.15, 0.2) is 0 Å². The van der Waals surface area contributed by atoms with Gasteiger partial charge in [0, 0.05) is 18.3 Å². The van der Waals surface area contributed by atoms with E-state index in [0.29, 0.717) is 35.2 Å². The molecule has 25 heavy (non-hydrogen) atoms. The van der Waals surface area contributed by atoms with Crippen LogP contribution in [-0.2, 0) is 14.3 Å². The van der Waals surface area contributed by atoms with Gasteiger partial charge in [0.2, 0.25) is 0 Å². The van der Waals surface area contributed by atoms with E-state index in [2.05, 4.69) is 13.8 Å². The van der Waals surface area contributed by atoms with E-state index in [1.54, 1.807) is 0 Å². The first-order valence-corrected chi connectivity index (χ1v) is 10.4. The van der Waals surface area contributed by atoms with Crippen LogP contribution in [0.5, 0.6) is 0 Å². The maximum atomic E-state index is 11.6. The lowest BCUT2D eigenvalue weighted by atomic mass is 9.41. The molecule has 0 aliphatic heterocycles. The van der Waals surface area contributed by atoms with Crippen LogP contribution >= 0.6 is 0 Å². The van der Waals surface area contributed by atoms with Crippen LogP contribution < -0.4 is 0 Å². The third-order valence-corrected chi connectivity index (χ3v) is 9.09. The third kappa shape index (κ3) is 2.51. The molecule has 0 aromatic rings. The quantitative estimate of drug-likeness (QED) is 0.546. The van der Waals surface area contributed by atoms with E-state index < -0.39 is 0 Å². The molecule has 3 nitrogen and oxygen atoms in total. The van der Waals surface area contributed by atoms with Gasteiger partial charge in [-0.05, 0) is 80.0 Å². The summed E-state index contributed by atoms with van der Waals surface area (Å²) in [5, 5.41) is 0. The fraction of sp³-hybridized carbons (Fsp3) is 0.909. The number of hydrogen-bond donors (Lipinski definition) is 0. The SMILES string of the molecule is CC(=O)OC[C@]1(C)CCC[C@]2(C)[C@@H]1CC[C@@]13C[C@@H](CC[C@H]12)[C@@H](C=O)C3. The fourth-order valence-electron chi connectivity index (χ4n) is 8.23. The number of esters is 1. The summed E-state index contributed by atoms with van der Waals surface area (Å²) in [6, 6.07) is 0. The topological polar surface area (TPSA) is 43.4 Å². The summed E-state index contributed by atoms with van der Waals surface area (Å²) in [6.07, 6.45) is 12.6. The predicted octanol–water partition coefficient (Wildman–Crippen LogP) is 4.78. The molecule has 4 aliphatic carbocycles. The Balaban J connectivity index is 1.63. The Morgan fingerprint density at radius 3 is 2.60 bits per heavy atom. The summed E-state index contributed by atoms with van der Waals surface area (Å²) in [7, 11) is 0. The minimum absolute atomic E-state index is 0.125. The zero-order chi connectivity index (χ0) is 17.9. The Kier molecular flexibility index (Phi) is 4.09. The summed E-state index contributed by atoms with van der Waals surface area (Å²) in [4.78, 5) is 23.0. The van der Waals surface area contributed by atoms with Crippen LogP contribution in [0.4, 0.5) is 0 Å². The van der Waals surface area contributed by atoms with Crippen molar-refractivity contribution in [3.8, 4) is 0 Å². The molecule has 0 aromatic heterocycles. The first-order chi connectivity index (χ1) is 11.8. The van der Waals surface area contributed by atoms with Gasteiger partial charge in [0.1, 0.15) is 6.29 Å². The summed E-state index contributed by atoms with van der Waals surface area (Å²) < 4.78 is 5.52. The van der Waals surface area contributed by atoms with E-state index >= 15 is 0 Å². The van der Waals surface area contributed by atoms with Crippen LogP contribution in [0.3, 0.4) is 0 Å². The van der Waals surface area contributed by atoms with E-state index in [4.69, 9.17) is 4.74 Å². The second kappa shape index (κ2) is 5.82. The Hall–Kier alpha value is -0.860. The number of aldehydes is 1. The summed E-state index contributed by atoms with van der Waals surface area (Å²) in [6.45, 7) is 7.02. The Bertz CT molecular complexity index is 572. The van der Waals surface area contributed by atoms with E-state index in [-0.39, 0.29) is 11.4 Å². The van der Waals surface area contributed by atoms with E-state index in [1.807, 2.05) is 0 Å². The molecule has 0 amide bonds. The monoisotopic (exact) mass is 346 g/mol. The van der Waals surface area contributed by atoms with Crippen LogP contribution in [0.2, 0.25) is 0 Å². The summed E-state index contributed by atoms with van der Waals surface area (Å²) in [5.74, 6) is 2.24. The van der Waals surface area contributed by atoms with Crippen LogP contribution in [0.25, 0.3) is 0 Å². The first-order valence-electron chi connectivity index (χ1n) is 10.4. The molecule has 3 heteroatoms. The number of carbonyl (C=O) groups excluding carboxylic acids is 2. The average Bonchev–Trinajstić information content (AvgIpc) is 2.83. The van der Waals surface area contributed by atoms with Crippen molar-refractivity contribution in [3.05, 3.63) is 0 Å². The molecule has 4 fully saturated rings. The van der Waals surface area contributed by atoms with Crippen LogP contribution in [0.15, 0.2) is 0 Å². The molecular weight excluding hydrogens is 312 g/mol. The van der Waals surface area contributed by atoms with E-state index in [9.17, 15) is 9.59 Å². The van der Waals surface area contributed by atoms with E-state index in [0.717, 1.165) is 12.3 Å². The highest BCUT2D eigenvalue weighted by molar-refractivity contribution is 5.65. The molecule has 0 aromatic carbocycles. The van der Waals surface area contributed by atoms with Gasteiger partial charge >= 0.3 is 5.97 Å². The molecule has 140 valence electrons. The van der Waals surface area contributed by atoms with Crippen molar-refractivity contribution in [2.75, 3.05) is 6.61 Å². The van der Waals surface area contributed by atoms with E-state index in [1.165, 1.54) is 64.6 Å². The largest absolute Gasteiger partial charge is 0.465 e. The van der Waals surface area contributed by atoms with Crippen molar-refractivity contribution in [2.45, 2.75) is 78.6 Å². The van der Waals surface area contributed by atoms with Gasteiger partial charge < -0.3 is 9.53 Å². The minimum Gasteiger partial charge on any atom is -0.465 e. The summed E-state index contributed by atoms with van der Waals surface area (Å²) in [5.41, 5.74) is 0.910. The molecule has 1 spiro atoms. The predicted molar refractivity (Wildman–Crippen MR) is 96.9 cm³/mol. The number of ether oxygens (including phenoxy) is 1. The zero-order valence-electron chi connectivity index (χ0n) is 16.2. The molecule has 2 bridgehead atoms. The number of hydrogen-bond acceptors (Lipinski definition) is 3. The van der Waals surface area contributed by atoms with Crippen molar-refractivity contribution >= 4 is 12.3 Å². The molecular formula is C22H34O3. The average molecular weight is 347 g/mol. The number of carbonyl (C=O) groups is 2. The molecule has 0 heterocycles. The molecule has 4 saturated carbocycles. The molecule has 4 aliphatic rings. The minimum atomic E-state index is -0.147. The van der Waals surface area contributed by atoms with Gasteiger partial charge in [-0.15, -0.1) is 0 Å². The van der Waals surface area contributed by atoms with Crippen molar-refractivity contribution in [2.24, 2.45) is 39.9 Å². The highest BCUT2D eigenvalue weighted by Gasteiger charge is 2.64. The Labute approximate surface area is 152 Å². The van der Waals surface area contributed by atoms with Crippen molar-refractivity contribution < 1.29 is 14.3 Å². The van der Waals surface area contributed by atoms with Crippen molar-refractivity contribution in [3.63, 3.8) is 0 Å². The van der Waals surface area contributed by atoms with Crippen LogP contribution in [-0.4, -0.2) is 18.9 Å². The highest BCUT2D eigenvalue weighted by Crippen LogP contribution is 2.72. The number of rotatable bonds is 3. The highest BCUT2D eigenvalue weighted by atomic mass is 16.5. The lowest BCUT2D eigenvalue weighted by Gasteiger charge is -2.64. The standard InChI is InChI=1S/C22H34O3/c1-15(24)25-14-20(2)8-4-9-21(3)18(20)7-10-22-11-16(5-6-19(21)22)17(12-22)13-23/h13,16-19H,4-12,14H2,1-3H3/t16-,17-,18-,19+,20+,21-,22+/m1/s1. The van der Waals surface area contributed by atoms with Gasteiger partial charge in [0.25, 0.3) is 0 Å². The summed E-state index contributed by atoms with van der Waals surface area (Å²) >= 11 is 0. The van der Waals surface area contributed by atoms with Gasteiger partial charge in [0.05, 0.1) is 6.61 Å². The molecule has 0 radical (unpaired) electrons. The molecule has 7 atom stereocenters. The Morgan fingerprint density at radius 2 is 1.88 bits per heavy atom. The van der Waals surface area contributed by atoms with Crippen molar-refractivity contribution in [1.29, 1.82) is 0 Å². The van der Waals surface area contributed by atoms with Gasteiger partial charge in [-0.1, -0.05) is 20.3 Å². The molecule has 0 saturated heterocycles. The van der Waals surface area contributed by atoms with Crippen molar-refractivity contribution in [1.82, 2.24) is 0 Å². The second-order valence-corrected chi connectivity index (χ2v) is 10.3. The van der Waals surface area contributed by atoms with Gasteiger partial charge in [-0.3, -0.25) is 4.79 Å². The lowest BCUT2D eigenvalue weighted by Crippen LogP contribution is -2.57. The maximum Gasteiger partial charge on any atom is 0.302 e. The Morgan fingerprint density at radius 1 is 1.08 bits per heavy atom. The lowest BCUT2D eigenvalue weighted by molar-refractivity contribution is -0.172. The molecule has 0 N–H and O–H groups in total. The van der Waals surface area contributed by atoms with Gasteiger partial charge in [-0.2, -0.15) is 0 Å². The molecule has 4 rings (SSSR count). The smallest absolute Gasteiger partial charge is 0.302 e. The normalized spacial score (nSPS) is 51.3. The van der Waals surface area contributed by atoms with Crippen LogP contribution in [0, 0.1) is 39.9 Å². The van der Waals surface area contributed by atoms with Gasteiger partial charge in [-0.25, -0.2) is 0 Å². The second-order valence-electron chi connectivity index (χ2n) is 10.3.